The Balaban J connectivity index is 1.68. The summed E-state index contributed by atoms with van der Waals surface area (Å²) in [7, 11) is 1.84. The number of hydrogen-bond donors (Lipinski definition) is 0. The van der Waals surface area contributed by atoms with Gasteiger partial charge in [0.1, 0.15) is 5.76 Å². The van der Waals surface area contributed by atoms with Gasteiger partial charge in [0.15, 0.2) is 16.0 Å². The van der Waals surface area contributed by atoms with Crippen molar-refractivity contribution < 1.29 is 9.21 Å². The SMILES string of the molecule is CN1c2cc(Br)oc2CCN1C(=O)c1cc2ncc(Br)cn2n1. The van der Waals surface area contributed by atoms with Gasteiger partial charge in [-0.25, -0.2) is 14.5 Å². The van der Waals surface area contributed by atoms with Crippen molar-refractivity contribution in [2.24, 2.45) is 0 Å². The van der Waals surface area contributed by atoms with Crippen LogP contribution in [0.1, 0.15) is 16.2 Å². The number of anilines is 1. The highest BCUT2D eigenvalue weighted by atomic mass is 79.9. The van der Waals surface area contributed by atoms with Crippen molar-refractivity contribution in [2.75, 3.05) is 18.6 Å². The molecule has 1 aliphatic rings. The van der Waals surface area contributed by atoms with E-state index in [0.717, 1.165) is 15.9 Å². The lowest BCUT2D eigenvalue weighted by molar-refractivity contribution is 0.0728. The number of hydrazine groups is 1. The first kappa shape index (κ1) is 14.7. The van der Waals surface area contributed by atoms with E-state index >= 15 is 0 Å². The number of halogens is 2. The minimum atomic E-state index is -0.169. The fourth-order valence-electron chi connectivity index (χ4n) is 2.66. The average Bonchev–Trinajstić information content (AvgIpc) is 3.09. The molecule has 1 amide bonds. The van der Waals surface area contributed by atoms with Gasteiger partial charge in [0.2, 0.25) is 0 Å². The van der Waals surface area contributed by atoms with E-state index in [4.69, 9.17) is 4.42 Å². The van der Waals surface area contributed by atoms with Crippen LogP contribution in [-0.4, -0.2) is 39.1 Å². The zero-order valence-electron chi connectivity index (χ0n) is 12.0. The van der Waals surface area contributed by atoms with Crippen LogP contribution in [0.3, 0.4) is 0 Å². The van der Waals surface area contributed by atoms with E-state index < -0.39 is 0 Å². The second kappa shape index (κ2) is 5.34. The molecular weight excluding hydrogens is 430 g/mol. The molecule has 0 fully saturated rings. The third-order valence-electron chi connectivity index (χ3n) is 3.75. The fourth-order valence-corrected chi connectivity index (χ4v) is 3.36. The van der Waals surface area contributed by atoms with E-state index in [1.54, 1.807) is 33.0 Å². The van der Waals surface area contributed by atoms with Crippen LogP contribution in [0.4, 0.5) is 5.69 Å². The summed E-state index contributed by atoms with van der Waals surface area (Å²) >= 11 is 6.67. The van der Waals surface area contributed by atoms with Crippen molar-refractivity contribution in [2.45, 2.75) is 6.42 Å². The molecule has 0 aliphatic carbocycles. The van der Waals surface area contributed by atoms with Crippen molar-refractivity contribution in [3.63, 3.8) is 0 Å². The molecule has 4 rings (SSSR count). The maximum atomic E-state index is 12.8. The van der Waals surface area contributed by atoms with E-state index in [9.17, 15) is 4.79 Å². The van der Waals surface area contributed by atoms with E-state index in [1.165, 1.54) is 0 Å². The molecule has 0 radical (unpaired) electrons. The number of aromatic nitrogens is 3. The highest BCUT2D eigenvalue weighted by molar-refractivity contribution is 9.10. The van der Waals surface area contributed by atoms with Crippen LogP contribution in [0, 0.1) is 0 Å². The van der Waals surface area contributed by atoms with Crippen LogP contribution in [0.5, 0.6) is 0 Å². The first-order valence-corrected chi connectivity index (χ1v) is 8.46. The Morgan fingerprint density at radius 1 is 1.35 bits per heavy atom. The quantitative estimate of drug-likeness (QED) is 0.582. The lowest BCUT2D eigenvalue weighted by Crippen LogP contribution is -2.48. The highest BCUT2D eigenvalue weighted by Gasteiger charge is 2.30. The van der Waals surface area contributed by atoms with Gasteiger partial charge in [-0.3, -0.25) is 9.80 Å². The number of rotatable bonds is 1. The normalized spacial score (nSPS) is 14.4. The fraction of sp³-hybridized carbons (Fsp3) is 0.214. The van der Waals surface area contributed by atoms with E-state index in [-0.39, 0.29) is 5.91 Å². The van der Waals surface area contributed by atoms with Crippen molar-refractivity contribution >= 4 is 49.1 Å². The topological polar surface area (TPSA) is 66.9 Å². The molecule has 9 heteroatoms. The first-order chi connectivity index (χ1) is 11.0. The van der Waals surface area contributed by atoms with Gasteiger partial charge >= 0.3 is 0 Å². The van der Waals surface area contributed by atoms with Gasteiger partial charge < -0.3 is 4.42 Å². The van der Waals surface area contributed by atoms with Crippen LogP contribution in [0.15, 0.2) is 38.1 Å². The van der Waals surface area contributed by atoms with Crippen LogP contribution < -0.4 is 5.01 Å². The largest absolute Gasteiger partial charge is 0.452 e. The molecule has 118 valence electrons. The molecular formula is C14H11Br2N5O2. The molecule has 4 heterocycles. The summed E-state index contributed by atoms with van der Waals surface area (Å²) in [5.74, 6) is 0.695. The van der Waals surface area contributed by atoms with E-state index in [2.05, 4.69) is 41.9 Å². The molecule has 3 aromatic rings. The van der Waals surface area contributed by atoms with Crippen LogP contribution in [0.25, 0.3) is 5.65 Å². The molecule has 0 N–H and O–H groups in total. The molecule has 23 heavy (non-hydrogen) atoms. The van der Waals surface area contributed by atoms with Gasteiger partial charge in [0, 0.05) is 38.0 Å². The monoisotopic (exact) mass is 439 g/mol. The molecule has 0 atom stereocenters. The van der Waals surface area contributed by atoms with Crippen molar-refractivity contribution in [1.29, 1.82) is 0 Å². The number of hydrogen-bond acceptors (Lipinski definition) is 5. The minimum Gasteiger partial charge on any atom is -0.452 e. The maximum absolute atomic E-state index is 12.8. The smallest absolute Gasteiger partial charge is 0.292 e. The van der Waals surface area contributed by atoms with Gasteiger partial charge in [-0.15, -0.1) is 0 Å². The summed E-state index contributed by atoms with van der Waals surface area (Å²) in [6, 6.07) is 3.54. The van der Waals surface area contributed by atoms with Crippen molar-refractivity contribution in [3.8, 4) is 0 Å². The summed E-state index contributed by atoms with van der Waals surface area (Å²) in [5.41, 5.74) is 1.86. The Morgan fingerprint density at radius 2 is 2.17 bits per heavy atom. The number of fused-ring (bicyclic) bond motifs is 2. The summed E-state index contributed by atoms with van der Waals surface area (Å²) in [4.78, 5) is 17.0. The number of amides is 1. The molecule has 1 aliphatic heterocycles. The molecule has 0 saturated heterocycles. The second-order valence-corrected chi connectivity index (χ2v) is 6.86. The minimum absolute atomic E-state index is 0.169. The third kappa shape index (κ3) is 2.43. The van der Waals surface area contributed by atoms with Gasteiger partial charge in [-0.2, -0.15) is 5.10 Å². The Kier molecular flexibility index (Phi) is 3.42. The summed E-state index contributed by atoms with van der Waals surface area (Å²) in [5, 5.41) is 7.77. The molecule has 0 saturated carbocycles. The van der Waals surface area contributed by atoms with Gasteiger partial charge in [0.05, 0.1) is 16.7 Å². The molecule has 7 nitrogen and oxygen atoms in total. The Bertz CT molecular complexity index is 919. The predicted octanol–water partition coefficient (Wildman–Crippen LogP) is 2.90. The van der Waals surface area contributed by atoms with Crippen LogP contribution in [0.2, 0.25) is 0 Å². The number of carbonyl (C=O) groups excluding carboxylic acids is 1. The van der Waals surface area contributed by atoms with Crippen LogP contribution in [-0.2, 0) is 6.42 Å². The summed E-state index contributed by atoms with van der Waals surface area (Å²) in [6.45, 7) is 0.535. The van der Waals surface area contributed by atoms with Crippen LogP contribution >= 0.6 is 31.9 Å². The molecule has 0 bridgehead atoms. The molecule has 0 unspecified atom stereocenters. The van der Waals surface area contributed by atoms with Crippen molar-refractivity contribution in [1.82, 2.24) is 19.6 Å². The van der Waals surface area contributed by atoms with Gasteiger partial charge in [0.25, 0.3) is 5.91 Å². The van der Waals surface area contributed by atoms with Crippen molar-refractivity contribution in [3.05, 3.63) is 45.1 Å². The number of nitrogens with zero attached hydrogens (tertiary/aromatic N) is 5. The van der Waals surface area contributed by atoms with E-state index in [1.807, 2.05) is 13.1 Å². The molecule has 0 aromatic carbocycles. The lowest BCUT2D eigenvalue weighted by Gasteiger charge is -2.35. The number of furan rings is 1. The summed E-state index contributed by atoms with van der Waals surface area (Å²) in [6.07, 6.45) is 4.10. The third-order valence-corrected chi connectivity index (χ3v) is 4.55. The van der Waals surface area contributed by atoms with Gasteiger partial charge in [-0.05, 0) is 31.9 Å². The molecule has 3 aromatic heterocycles. The maximum Gasteiger partial charge on any atom is 0.292 e. The first-order valence-electron chi connectivity index (χ1n) is 6.87. The standard InChI is InChI=1S/C14H11Br2N5O2/c1-19-10-5-12(16)23-11(10)2-3-21(19)14(22)9-4-13-17-6-8(15)7-20(13)18-9/h4-7H,2-3H2,1H3. The Hall–Kier alpha value is -1.87. The predicted molar refractivity (Wildman–Crippen MR) is 90.2 cm³/mol. The zero-order valence-corrected chi connectivity index (χ0v) is 15.2. The van der Waals surface area contributed by atoms with E-state index in [0.29, 0.717) is 29.0 Å². The Morgan fingerprint density at radius 3 is 3.00 bits per heavy atom. The lowest BCUT2D eigenvalue weighted by atomic mass is 10.2. The molecule has 0 spiro atoms. The average molecular weight is 441 g/mol. The Labute approximate surface area is 148 Å². The second-order valence-electron chi connectivity index (χ2n) is 5.17. The summed E-state index contributed by atoms with van der Waals surface area (Å²) < 4.78 is 8.62. The van der Waals surface area contributed by atoms with Gasteiger partial charge in [-0.1, -0.05) is 0 Å². The zero-order chi connectivity index (χ0) is 16.1. The number of carbonyl (C=O) groups is 1. The highest BCUT2D eigenvalue weighted by Crippen LogP contribution is 2.32.